The average molecular weight is 250 g/mol. The molecule has 0 radical (unpaired) electrons. The number of nitrogens with zero attached hydrogens (tertiary/aromatic N) is 1. The Balaban J connectivity index is 2.13. The van der Waals surface area contributed by atoms with E-state index in [0.717, 1.165) is 31.7 Å². The molecule has 1 aliphatic rings. The molecule has 1 heterocycles. The summed E-state index contributed by atoms with van der Waals surface area (Å²) in [6, 6.07) is 5.50. The summed E-state index contributed by atoms with van der Waals surface area (Å²) in [5.41, 5.74) is 1.07. The van der Waals surface area contributed by atoms with E-state index < -0.39 is 0 Å². The molecule has 0 aliphatic carbocycles. The lowest BCUT2D eigenvalue weighted by Gasteiger charge is -2.43. The number of ether oxygens (including phenoxy) is 1. The Labute approximate surface area is 109 Å². The SMILES string of the molecule is COc1ccc(CN2CCNCC2(C)C)c(O)c1. The molecule has 100 valence electrons. The number of hydrogen-bond acceptors (Lipinski definition) is 4. The molecule has 0 amide bonds. The van der Waals surface area contributed by atoms with E-state index in [1.54, 1.807) is 13.2 Å². The van der Waals surface area contributed by atoms with Crippen LogP contribution in [-0.2, 0) is 6.54 Å². The van der Waals surface area contributed by atoms with Crippen LogP contribution in [0.5, 0.6) is 11.5 Å². The van der Waals surface area contributed by atoms with Gasteiger partial charge in [-0.1, -0.05) is 6.07 Å². The summed E-state index contributed by atoms with van der Waals surface area (Å²) in [6.07, 6.45) is 0. The van der Waals surface area contributed by atoms with Gasteiger partial charge in [-0.2, -0.15) is 0 Å². The van der Waals surface area contributed by atoms with E-state index in [1.807, 2.05) is 12.1 Å². The molecule has 0 atom stereocenters. The average Bonchev–Trinajstić information content (AvgIpc) is 2.33. The highest BCUT2D eigenvalue weighted by atomic mass is 16.5. The largest absolute Gasteiger partial charge is 0.507 e. The maximum atomic E-state index is 10.0. The van der Waals surface area contributed by atoms with Gasteiger partial charge in [0.05, 0.1) is 7.11 Å². The summed E-state index contributed by atoms with van der Waals surface area (Å²) in [6.45, 7) is 8.19. The van der Waals surface area contributed by atoms with E-state index >= 15 is 0 Å². The van der Waals surface area contributed by atoms with Gasteiger partial charge in [-0.3, -0.25) is 4.90 Å². The second-order valence-corrected chi connectivity index (χ2v) is 5.41. The quantitative estimate of drug-likeness (QED) is 0.855. The minimum atomic E-state index is 0.116. The molecule has 0 aromatic heterocycles. The molecule has 18 heavy (non-hydrogen) atoms. The highest BCUT2D eigenvalue weighted by Gasteiger charge is 2.29. The maximum Gasteiger partial charge on any atom is 0.123 e. The number of hydrogen-bond donors (Lipinski definition) is 2. The molecule has 0 unspecified atom stereocenters. The van der Waals surface area contributed by atoms with Crippen LogP contribution in [0.2, 0.25) is 0 Å². The van der Waals surface area contributed by atoms with Crippen LogP contribution in [-0.4, -0.2) is 42.3 Å². The summed E-state index contributed by atoms with van der Waals surface area (Å²) < 4.78 is 5.10. The molecule has 1 saturated heterocycles. The number of methoxy groups -OCH3 is 1. The van der Waals surface area contributed by atoms with Crippen molar-refractivity contribution in [3.63, 3.8) is 0 Å². The minimum absolute atomic E-state index is 0.116. The van der Waals surface area contributed by atoms with Crippen LogP contribution in [0.25, 0.3) is 0 Å². The first-order valence-corrected chi connectivity index (χ1v) is 6.34. The number of phenolic OH excluding ortho intramolecular Hbond substituents is 1. The van der Waals surface area contributed by atoms with Crippen molar-refractivity contribution in [2.45, 2.75) is 25.9 Å². The Morgan fingerprint density at radius 3 is 2.83 bits per heavy atom. The van der Waals surface area contributed by atoms with Gasteiger partial charge in [0, 0.05) is 43.3 Å². The van der Waals surface area contributed by atoms with E-state index in [1.165, 1.54) is 0 Å². The number of phenols is 1. The summed E-state index contributed by atoms with van der Waals surface area (Å²) in [5, 5.41) is 13.4. The molecule has 2 N–H and O–H groups in total. The summed E-state index contributed by atoms with van der Waals surface area (Å²) in [4.78, 5) is 2.39. The van der Waals surface area contributed by atoms with Crippen LogP contribution < -0.4 is 10.1 Å². The lowest BCUT2D eigenvalue weighted by molar-refractivity contribution is 0.0819. The third kappa shape index (κ3) is 2.76. The Morgan fingerprint density at radius 2 is 2.22 bits per heavy atom. The Bertz CT molecular complexity index is 418. The monoisotopic (exact) mass is 250 g/mol. The van der Waals surface area contributed by atoms with Crippen molar-refractivity contribution < 1.29 is 9.84 Å². The van der Waals surface area contributed by atoms with Crippen LogP contribution in [0.1, 0.15) is 19.4 Å². The number of nitrogens with one attached hydrogen (secondary N) is 1. The Morgan fingerprint density at radius 1 is 1.44 bits per heavy atom. The van der Waals surface area contributed by atoms with E-state index in [9.17, 15) is 5.11 Å². The zero-order valence-electron chi connectivity index (χ0n) is 11.4. The number of aromatic hydroxyl groups is 1. The van der Waals surface area contributed by atoms with Crippen molar-refractivity contribution in [3.05, 3.63) is 23.8 Å². The molecule has 0 spiro atoms. The highest BCUT2D eigenvalue weighted by Crippen LogP contribution is 2.27. The van der Waals surface area contributed by atoms with E-state index in [2.05, 4.69) is 24.1 Å². The van der Waals surface area contributed by atoms with Gasteiger partial charge in [0.15, 0.2) is 0 Å². The number of benzene rings is 1. The van der Waals surface area contributed by atoms with Gasteiger partial charge < -0.3 is 15.2 Å². The summed E-state index contributed by atoms with van der Waals surface area (Å²) in [7, 11) is 1.61. The molecule has 1 aromatic rings. The fourth-order valence-electron chi connectivity index (χ4n) is 2.33. The fourth-order valence-corrected chi connectivity index (χ4v) is 2.33. The molecule has 4 nitrogen and oxygen atoms in total. The van der Waals surface area contributed by atoms with Gasteiger partial charge in [-0.15, -0.1) is 0 Å². The van der Waals surface area contributed by atoms with Crippen LogP contribution in [0.4, 0.5) is 0 Å². The number of rotatable bonds is 3. The molecule has 2 rings (SSSR count). The highest BCUT2D eigenvalue weighted by molar-refractivity contribution is 5.39. The van der Waals surface area contributed by atoms with Gasteiger partial charge in [0.2, 0.25) is 0 Å². The lowest BCUT2D eigenvalue weighted by Crippen LogP contribution is -2.57. The van der Waals surface area contributed by atoms with Gasteiger partial charge in [-0.25, -0.2) is 0 Å². The molecule has 4 heteroatoms. The standard InChI is InChI=1S/C14H22N2O2/c1-14(2)10-15-6-7-16(14)9-11-4-5-12(18-3)8-13(11)17/h4-5,8,15,17H,6-7,9-10H2,1-3H3. The first-order valence-electron chi connectivity index (χ1n) is 6.34. The Kier molecular flexibility index (Phi) is 3.78. The van der Waals surface area contributed by atoms with E-state index in [0.29, 0.717) is 11.5 Å². The molecule has 0 bridgehead atoms. The first kappa shape index (κ1) is 13.2. The van der Waals surface area contributed by atoms with E-state index in [4.69, 9.17) is 4.74 Å². The third-order valence-electron chi connectivity index (χ3n) is 3.63. The van der Waals surface area contributed by atoms with Crippen LogP contribution in [0.15, 0.2) is 18.2 Å². The number of piperazine rings is 1. The van der Waals surface area contributed by atoms with Crippen molar-refractivity contribution >= 4 is 0 Å². The first-order chi connectivity index (χ1) is 8.53. The fraction of sp³-hybridized carbons (Fsp3) is 0.571. The zero-order chi connectivity index (χ0) is 13.2. The smallest absolute Gasteiger partial charge is 0.123 e. The zero-order valence-corrected chi connectivity index (χ0v) is 11.4. The van der Waals surface area contributed by atoms with Crippen LogP contribution in [0.3, 0.4) is 0 Å². The van der Waals surface area contributed by atoms with Crippen molar-refractivity contribution in [3.8, 4) is 11.5 Å². The van der Waals surface area contributed by atoms with Crippen molar-refractivity contribution in [1.82, 2.24) is 10.2 Å². The lowest BCUT2D eigenvalue weighted by atomic mass is 9.99. The molecule has 1 aliphatic heterocycles. The van der Waals surface area contributed by atoms with Crippen LogP contribution >= 0.6 is 0 Å². The molecule has 0 saturated carbocycles. The topological polar surface area (TPSA) is 44.7 Å². The molecular weight excluding hydrogens is 228 g/mol. The second kappa shape index (κ2) is 5.16. The summed E-state index contributed by atoms with van der Waals surface area (Å²) in [5.74, 6) is 1.000. The third-order valence-corrected chi connectivity index (χ3v) is 3.63. The van der Waals surface area contributed by atoms with Gasteiger partial charge in [0.25, 0.3) is 0 Å². The Hall–Kier alpha value is -1.26. The maximum absolute atomic E-state index is 10.0. The summed E-state index contributed by atoms with van der Waals surface area (Å²) >= 11 is 0. The second-order valence-electron chi connectivity index (χ2n) is 5.41. The molecular formula is C14H22N2O2. The van der Waals surface area contributed by atoms with Gasteiger partial charge >= 0.3 is 0 Å². The molecule has 1 fully saturated rings. The van der Waals surface area contributed by atoms with Gasteiger partial charge in [-0.05, 0) is 19.9 Å². The van der Waals surface area contributed by atoms with Crippen molar-refractivity contribution in [2.75, 3.05) is 26.7 Å². The van der Waals surface area contributed by atoms with Crippen molar-refractivity contribution in [2.24, 2.45) is 0 Å². The minimum Gasteiger partial charge on any atom is -0.507 e. The normalized spacial score (nSPS) is 19.7. The predicted octanol–water partition coefficient (Wildman–Crippen LogP) is 1.58. The van der Waals surface area contributed by atoms with Gasteiger partial charge in [0.1, 0.15) is 11.5 Å². The van der Waals surface area contributed by atoms with E-state index in [-0.39, 0.29) is 5.54 Å². The van der Waals surface area contributed by atoms with Crippen LogP contribution in [0, 0.1) is 0 Å². The predicted molar refractivity (Wildman–Crippen MR) is 72.0 cm³/mol. The van der Waals surface area contributed by atoms with Crippen molar-refractivity contribution in [1.29, 1.82) is 0 Å². The molecule has 1 aromatic carbocycles.